The summed E-state index contributed by atoms with van der Waals surface area (Å²) in [4.78, 5) is 44.1. The lowest BCUT2D eigenvalue weighted by molar-refractivity contribution is -0.394. The van der Waals surface area contributed by atoms with Gasteiger partial charge in [-0.25, -0.2) is 0 Å². The van der Waals surface area contributed by atoms with Crippen molar-refractivity contribution in [3.8, 4) is 0 Å². The van der Waals surface area contributed by atoms with Crippen molar-refractivity contribution in [1.29, 1.82) is 0 Å². The Balaban J connectivity index is 3.34. The van der Waals surface area contributed by atoms with Crippen molar-refractivity contribution < 1.29 is 19.4 Å². The van der Waals surface area contributed by atoms with Crippen molar-refractivity contribution in [2.45, 2.75) is 27.2 Å². The van der Waals surface area contributed by atoms with E-state index in [9.17, 15) is 29.8 Å². The monoisotopic (exact) mass is 294 g/mol. The van der Waals surface area contributed by atoms with Gasteiger partial charge in [-0.15, -0.1) is 0 Å². The molecule has 0 saturated heterocycles. The Morgan fingerprint density at radius 3 is 1.81 bits per heavy atom. The molecule has 112 valence electrons. The normalized spacial score (nSPS) is 11.0. The fourth-order valence-electron chi connectivity index (χ4n) is 1.62. The van der Waals surface area contributed by atoms with E-state index in [1.54, 1.807) is 20.8 Å². The van der Waals surface area contributed by atoms with Crippen LogP contribution in [0.5, 0.6) is 0 Å². The zero-order valence-electron chi connectivity index (χ0n) is 11.8. The molecule has 0 unspecified atom stereocenters. The SMILES string of the molecule is CC(C)(C)C(=O)CC(=O)c1c([N+](=O)[O-])cccc1[N+](=O)[O-]. The van der Waals surface area contributed by atoms with Gasteiger partial charge in [-0.3, -0.25) is 29.8 Å². The minimum atomic E-state index is -0.922. The Morgan fingerprint density at radius 1 is 1.05 bits per heavy atom. The van der Waals surface area contributed by atoms with Crippen molar-refractivity contribution in [2.24, 2.45) is 5.41 Å². The molecule has 0 radical (unpaired) electrons. The highest BCUT2D eigenvalue weighted by Gasteiger charge is 2.33. The molecule has 0 N–H and O–H groups in total. The van der Waals surface area contributed by atoms with Crippen LogP contribution in [0.25, 0.3) is 0 Å². The summed E-state index contributed by atoms with van der Waals surface area (Å²) in [6, 6.07) is 3.13. The number of carbonyl (C=O) groups is 2. The number of nitro groups is 2. The maximum absolute atomic E-state index is 12.1. The number of rotatable bonds is 5. The predicted octanol–water partition coefficient (Wildman–Crippen LogP) is 2.69. The Bertz CT molecular complexity index is 598. The van der Waals surface area contributed by atoms with E-state index in [1.807, 2.05) is 0 Å². The van der Waals surface area contributed by atoms with Crippen LogP contribution in [0.3, 0.4) is 0 Å². The van der Waals surface area contributed by atoms with Crippen molar-refractivity contribution in [1.82, 2.24) is 0 Å². The van der Waals surface area contributed by atoms with E-state index in [-0.39, 0.29) is 0 Å². The van der Waals surface area contributed by atoms with E-state index in [0.29, 0.717) is 0 Å². The van der Waals surface area contributed by atoms with E-state index in [2.05, 4.69) is 0 Å². The number of carbonyl (C=O) groups excluding carboxylic acids is 2. The molecule has 8 heteroatoms. The molecule has 0 aromatic heterocycles. The van der Waals surface area contributed by atoms with Crippen LogP contribution in [0.15, 0.2) is 18.2 Å². The van der Waals surface area contributed by atoms with Gasteiger partial charge in [-0.2, -0.15) is 0 Å². The molecular weight excluding hydrogens is 280 g/mol. The van der Waals surface area contributed by atoms with Gasteiger partial charge >= 0.3 is 0 Å². The molecule has 0 heterocycles. The minimum absolute atomic E-state index is 0.444. The molecule has 0 saturated carbocycles. The molecule has 8 nitrogen and oxygen atoms in total. The van der Waals surface area contributed by atoms with E-state index < -0.39 is 50.2 Å². The molecule has 1 aromatic carbocycles. The molecule has 0 aliphatic rings. The standard InChI is InChI=1S/C13H14N2O6/c1-13(2,3)11(17)7-10(16)12-8(14(18)19)5-4-6-9(12)15(20)21/h4-6H,7H2,1-3H3. The summed E-state index contributed by atoms with van der Waals surface area (Å²) in [5, 5.41) is 21.9. The topological polar surface area (TPSA) is 120 Å². The van der Waals surface area contributed by atoms with Crippen LogP contribution < -0.4 is 0 Å². The highest BCUT2D eigenvalue weighted by atomic mass is 16.6. The van der Waals surface area contributed by atoms with Crippen LogP contribution in [0, 0.1) is 25.6 Å². The van der Waals surface area contributed by atoms with Crippen LogP contribution in [0.2, 0.25) is 0 Å². The molecule has 1 rings (SSSR count). The third kappa shape index (κ3) is 3.68. The first-order chi connectivity index (χ1) is 9.55. The molecule has 0 fully saturated rings. The van der Waals surface area contributed by atoms with Gasteiger partial charge < -0.3 is 0 Å². The molecular formula is C13H14N2O6. The minimum Gasteiger partial charge on any atom is -0.299 e. The Kier molecular flexibility index (Phi) is 4.52. The van der Waals surface area contributed by atoms with Gasteiger partial charge in [0.25, 0.3) is 11.4 Å². The second-order valence-electron chi connectivity index (χ2n) is 5.46. The third-order valence-corrected chi connectivity index (χ3v) is 2.85. The summed E-state index contributed by atoms with van der Waals surface area (Å²) in [6.07, 6.45) is -0.616. The quantitative estimate of drug-likeness (QED) is 0.356. The van der Waals surface area contributed by atoms with Gasteiger partial charge in [0.15, 0.2) is 11.3 Å². The second-order valence-corrected chi connectivity index (χ2v) is 5.46. The summed E-state index contributed by atoms with van der Waals surface area (Å²) in [5.41, 5.74) is -2.79. The smallest absolute Gasteiger partial charge is 0.287 e. The van der Waals surface area contributed by atoms with Crippen LogP contribution in [-0.4, -0.2) is 21.4 Å². The van der Waals surface area contributed by atoms with E-state index in [1.165, 1.54) is 0 Å². The lowest BCUT2D eigenvalue weighted by atomic mass is 9.86. The first kappa shape index (κ1) is 16.4. The Morgan fingerprint density at radius 2 is 1.48 bits per heavy atom. The maximum atomic E-state index is 12.1. The number of ketones is 2. The highest BCUT2D eigenvalue weighted by Crippen LogP contribution is 2.30. The Hall–Kier alpha value is -2.64. The molecule has 21 heavy (non-hydrogen) atoms. The summed E-state index contributed by atoms with van der Waals surface area (Å²) in [7, 11) is 0. The first-order valence-electron chi connectivity index (χ1n) is 6.04. The zero-order chi connectivity index (χ0) is 16.4. The predicted molar refractivity (Wildman–Crippen MR) is 73.2 cm³/mol. The lowest BCUT2D eigenvalue weighted by Gasteiger charge is -2.15. The molecule has 0 aliphatic carbocycles. The van der Waals surface area contributed by atoms with Crippen molar-refractivity contribution in [2.75, 3.05) is 0 Å². The molecule has 0 atom stereocenters. The van der Waals surface area contributed by atoms with E-state index >= 15 is 0 Å². The fourth-order valence-corrected chi connectivity index (χ4v) is 1.62. The molecule has 0 bridgehead atoms. The summed E-state index contributed by atoms with van der Waals surface area (Å²) >= 11 is 0. The molecule has 0 amide bonds. The number of Topliss-reactive ketones (excluding diaryl/α,β-unsaturated/α-hetero) is 2. The number of nitro benzene ring substituents is 2. The molecule has 0 spiro atoms. The number of nitrogens with zero attached hydrogens (tertiary/aromatic N) is 2. The zero-order valence-corrected chi connectivity index (χ0v) is 11.8. The molecule has 1 aromatic rings. The third-order valence-electron chi connectivity index (χ3n) is 2.85. The van der Waals surface area contributed by atoms with E-state index in [4.69, 9.17) is 0 Å². The average molecular weight is 294 g/mol. The van der Waals surface area contributed by atoms with Crippen molar-refractivity contribution in [3.63, 3.8) is 0 Å². The van der Waals surface area contributed by atoms with Crippen LogP contribution in [-0.2, 0) is 4.79 Å². The fraction of sp³-hybridized carbons (Fsp3) is 0.385. The van der Waals surface area contributed by atoms with Crippen molar-refractivity contribution in [3.05, 3.63) is 44.0 Å². The Labute approximate surface area is 120 Å². The van der Waals surface area contributed by atoms with E-state index in [0.717, 1.165) is 18.2 Å². The lowest BCUT2D eigenvalue weighted by Crippen LogP contribution is -2.23. The van der Waals surface area contributed by atoms with Gasteiger partial charge in [0.2, 0.25) is 0 Å². The largest absolute Gasteiger partial charge is 0.299 e. The van der Waals surface area contributed by atoms with Gasteiger partial charge in [-0.05, 0) is 6.07 Å². The van der Waals surface area contributed by atoms with Gasteiger partial charge in [0.1, 0.15) is 5.78 Å². The van der Waals surface area contributed by atoms with Crippen LogP contribution >= 0.6 is 0 Å². The summed E-state index contributed by atoms with van der Waals surface area (Å²) < 4.78 is 0. The maximum Gasteiger partial charge on any atom is 0.287 e. The van der Waals surface area contributed by atoms with Crippen LogP contribution in [0.1, 0.15) is 37.6 Å². The number of hydrogen-bond donors (Lipinski definition) is 0. The number of hydrogen-bond acceptors (Lipinski definition) is 6. The van der Waals surface area contributed by atoms with Gasteiger partial charge in [-0.1, -0.05) is 20.8 Å². The molecule has 0 aliphatic heterocycles. The van der Waals surface area contributed by atoms with Gasteiger partial charge in [0, 0.05) is 17.5 Å². The van der Waals surface area contributed by atoms with Crippen molar-refractivity contribution >= 4 is 22.9 Å². The van der Waals surface area contributed by atoms with Gasteiger partial charge in [0.05, 0.1) is 16.3 Å². The summed E-state index contributed by atoms with van der Waals surface area (Å²) in [6.45, 7) is 4.78. The number of benzene rings is 1. The van der Waals surface area contributed by atoms with Crippen LogP contribution in [0.4, 0.5) is 11.4 Å². The average Bonchev–Trinajstić information content (AvgIpc) is 2.36. The first-order valence-corrected chi connectivity index (χ1v) is 6.04. The second kappa shape index (κ2) is 5.78. The highest BCUT2D eigenvalue weighted by molar-refractivity contribution is 6.13. The summed E-state index contributed by atoms with van der Waals surface area (Å²) in [5.74, 6) is -1.37.